The van der Waals surface area contributed by atoms with E-state index in [0.717, 1.165) is 34.0 Å². The number of hydrogen-bond donors (Lipinski definition) is 0. The number of hydrogen-bond acceptors (Lipinski definition) is 2. The third-order valence-corrected chi connectivity index (χ3v) is 4.83. The minimum atomic E-state index is -0.406. The summed E-state index contributed by atoms with van der Waals surface area (Å²) in [5, 5.41) is 10.5. The molecule has 0 fully saturated rings. The highest BCUT2D eigenvalue weighted by Gasteiger charge is 2.14. The molecular formula is C22H19ClN2O. The summed E-state index contributed by atoms with van der Waals surface area (Å²) in [5.41, 5.74) is 5.21. The number of aryl methyl sites for hydroxylation is 2. The van der Waals surface area contributed by atoms with Gasteiger partial charge in [0.1, 0.15) is 6.07 Å². The van der Waals surface area contributed by atoms with E-state index in [1.54, 1.807) is 6.07 Å². The lowest BCUT2D eigenvalue weighted by molar-refractivity contribution is -0.114. The monoisotopic (exact) mass is 362 g/mol. The Morgan fingerprint density at radius 3 is 2.62 bits per heavy atom. The van der Waals surface area contributed by atoms with Crippen molar-refractivity contribution in [3.05, 3.63) is 77.0 Å². The van der Waals surface area contributed by atoms with Crippen LogP contribution in [0, 0.1) is 11.3 Å². The lowest BCUT2D eigenvalue weighted by Gasteiger charge is -2.05. The predicted octanol–water partition coefficient (Wildman–Crippen LogP) is 5.40. The number of ketones is 1. The van der Waals surface area contributed by atoms with Crippen molar-refractivity contribution >= 4 is 33.9 Å². The average molecular weight is 363 g/mol. The number of Topliss-reactive ketones (excluding diaryl/α,β-unsaturated/α-hetero) is 1. The van der Waals surface area contributed by atoms with Crippen molar-refractivity contribution in [2.45, 2.75) is 26.3 Å². The van der Waals surface area contributed by atoms with Crippen LogP contribution in [0.4, 0.5) is 0 Å². The second kappa shape index (κ2) is 7.59. The molecule has 3 aromatic rings. The minimum absolute atomic E-state index is 0.198. The molecule has 0 saturated carbocycles. The highest BCUT2D eigenvalue weighted by Crippen LogP contribution is 2.32. The molecule has 3 rings (SSSR count). The molecule has 0 aliphatic rings. The van der Waals surface area contributed by atoms with Crippen LogP contribution in [0.3, 0.4) is 0 Å². The van der Waals surface area contributed by atoms with Gasteiger partial charge in [-0.05, 0) is 41.3 Å². The summed E-state index contributed by atoms with van der Waals surface area (Å²) in [6.45, 7) is 6.86. The van der Waals surface area contributed by atoms with Gasteiger partial charge in [0, 0.05) is 40.7 Å². The lowest BCUT2D eigenvalue weighted by atomic mass is 9.98. The third-order valence-electron chi connectivity index (χ3n) is 4.58. The first-order chi connectivity index (χ1) is 12.5. The van der Waals surface area contributed by atoms with E-state index in [2.05, 4.69) is 31.7 Å². The number of aromatic nitrogens is 1. The van der Waals surface area contributed by atoms with Gasteiger partial charge in [0.15, 0.2) is 0 Å². The van der Waals surface area contributed by atoms with E-state index in [0.29, 0.717) is 11.6 Å². The molecule has 0 radical (unpaired) electrons. The van der Waals surface area contributed by atoms with E-state index in [1.807, 2.05) is 35.0 Å². The summed E-state index contributed by atoms with van der Waals surface area (Å²) in [7, 11) is 0. The molecule has 4 heteroatoms. The predicted molar refractivity (Wildman–Crippen MR) is 106 cm³/mol. The summed E-state index contributed by atoms with van der Waals surface area (Å²) >= 11 is 5.99. The van der Waals surface area contributed by atoms with Crippen molar-refractivity contribution in [3.63, 3.8) is 0 Å². The van der Waals surface area contributed by atoms with Crippen molar-refractivity contribution < 1.29 is 4.79 Å². The SMILES string of the molecule is C=C(c1ccc(Cl)cc1)c1cn(CCC(=O)C#N)c2cc(CC)ccc12. The number of carbonyl (C=O) groups excluding carboxylic acids is 1. The van der Waals surface area contributed by atoms with Gasteiger partial charge >= 0.3 is 0 Å². The molecule has 1 heterocycles. The van der Waals surface area contributed by atoms with Crippen LogP contribution in [0.25, 0.3) is 16.5 Å². The quantitative estimate of drug-likeness (QED) is 0.551. The molecule has 26 heavy (non-hydrogen) atoms. The van der Waals surface area contributed by atoms with E-state index in [4.69, 9.17) is 16.9 Å². The zero-order valence-electron chi connectivity index (χ0n) is 14.6. The van der Waals surface area contributed by atoms with Crippen molar-refractivity contribution in [2.24, 2.45) is 0 Å². The molecule has 0 atom stereocenters. The molecular weight excluding hydrogens is 344 g/mol. The highest BCUT2D eigenvalue weighted by molar-refractivity contribution is 6.30. The average Bonchev–Trinajstić information content (AvgIpc) is 3.03. The maximum atomic E-state index is 11.4. The van der Waals surface area contributed by atoms with Crippen LogP contribution >= 0.6 is 11.6 Å². The molecule has 0 bridgehead atoms. The zero-order chi connectivity index (χ0) is 18.7. The molecule has 3 nitrogen and oxygen atoms in total. The molecule has 0 amide bonds. The highest BCUT2D eigenvalue weighted by atomic mass is 35.5. The summed E-state index contributed by atoms with van der Waals surface area (Å²) in [6, 6.07) is 15.7. The minimum Gasteiger partial charge on any atom is -0.346 e. The Morgan fingerprint density at radius 2 is 1.96 bits per heavy atom. The summed E-state index contributed by atoms with van der Waals surface area (Å²) < 4.78 is 2.04. The van der Waals surface area contributed by atoms with Crippen LogP contribution < -0.4 is 0 Å². The van der Waals surface area contributed by atoms with E-state index < -0.39 is 5.78 Å². The molecule has 0 spiro atoms. The van der Waals surface area contributed by atoms with Gasteiger partial charge in [0.2, 0.25) is 5.78 Å². The molecule has 0 aliphatic carbocycles. The topological polar surface area (TPSA) is 45.8 Å². The van der Waals surface area contributed by atoms with Gasteiger partial charge in [-0.3, -0.25) is 4.79 Å². The standard InChI is InChI=1S/C22H19ClN2O/c1-3-16-4-9-20-21(15(2)17-5-7-18(23)8-6-17)14-25(22(20)12-16)11-10-19(26)13-24/h4-9,12,14H,2-3,10-11H2,1H3. The van der Waals surface area contributed by atoms with Crippen LogP contribution in [0.15, 0.2) is 55.2 Å². The smallest absolute Gasteiger partial charge is 0.233 e. The fourth-order valence-electron chi connectivity index (χ4n) is 3.07. The van der Waals surface area contributed by atoms with Gasteiger partial charge in [0.05, 0.1) is 0 Å². The van der Waals surface area contributed by atoms with Gasteiger partial charge in [-0.1, -0.05) is 49.4 Å². The molecule has 0 N–H and O–H groups in total. The van der Waals surface area contributed by atoms with Crippen molar-refractivity contribution in [3.8, 4) is 6.07 Å². The number of carbonyl (C=O) groups is 1. The van der Waals surface area contributed by atoms with Crippen LogP contribution in [0.5, 0.6) is 0 Å². The van der Waals surface area contributed by atoms with E-state index in [9.17, 15) is 4.79 Å². The normalized spacial score (nSPS) is 10.7. The summed E-state index contributed by atoms with van der Waals surface area (Å²) in [4.78, 5) is 11.4. The Bertz CT molecular complexity index is 1020. The molecule has 130 valence electrons. The lowest BCUT2D eigenvalue weighted by Crippen LogP contribution is -2.02. The second-order valence-corrected chi connectivity index (χ2v) is 6.65. The fourth-order valence-corrected chi connectivity index (χ4v) is 3.19. The Hall–Kier alpha value is -2.83. The fraction of sp³-hybridized carbons (Fsp3) is 0.182. The largest absolute Gasteiger partial charge is 0.346 e. The van der Waals surface area contributed by atoms with Gasteiger partial charge in [-0.2, -0.15) is 5.26 Å². The third kappa shape index (κ3) is 3.56. The van der Waals surface area contributed by atoms with Crippen molar-refractivity contribution in [1.82, 2.24) is 4.57 Å². The first kappa shape index (κ1) is 18.0. The number of benzene rings is 2. The Kier molecular flexibility index (Phi) is 5.25. The second-order valence-electron chi connectivity index (χ2n) is 6.21. The number of nitrogens with zero attached hydrogens (tertiary/aromatic N) is 2. The van der Waals surface area contributed by atoms with Gasteiger partial charge in [-0.25, -0.2) is 0 Å². The van der Waals surface area contributed by atoms with Gasteiger partial charge < -0.3 is 4.57 Å². The first-order valence-electron chi connectivity index (χ1n) is 8.53. The molecule has 1 aromatic heterocycles. The van der Waals surface area contributed by atoms with Crippen LogP contribution in [0.2, 0.25) is 5.02 Å². The number of rotatable bonds is 6. The maximum absolute atomic E-state index is 11.4. The van der Waals surface area contributed by atoms with Gasteiger partial charge in [-0.15, -0.1) is 0 Å². The summed E-state index contributed by atoms with van der Waals surface area (Å²) in [5.74, 6) is -0.406. The van der Waals surface area contributed by atoms with Crippen LogP contribution in [-0.4, -0.2) is 10.4 Å². The first-order valence-corrected chi connectivity index (χ1v) is 8.91. The molecule has 2 aromatic carbocycles. The number of nitriles is 1. The van der Waals surface area contributed by atoms with Crippen LogP contribution in [0.1, 0.15) is 30.0 Å². The molecule has 0 unspecified atom stereocenters. The van der Waals surface area contributed by atoms with E-state index >= 15 is 0 Å². The van der Waals surface area contributed by atoms with Crippen LogP contribution in [-0.2, 0) is 17.8 Å². The van der Waals surface area contributed by atoms with E-state index in [1.165, 1.54) is 5.56 Å². The Morgan fingerprint density at radius 1 is 1.23 bits per heavy atom. The van der Waals surface area contributed by atoms with Crippen molar-refractivity contribution in [1.29, 1.82) is 5.26 Å². The summed E-state index contributed by atoms with van der Waals surface area (Å²) in [6.07, 6.45) is 3.15. The van der Waals surface area contributed by atoms with Gasteiger partial charge in [0.25, 0.3) is 0 Å². The number of fused-ring (bicyclic) bond motifs is 1. The maximum Gasteiger partial charge on any atom is 0.233 e. The number of halogens is 1. The molecule has 0 saturated heterocycles. The zero-order valence-corrected chi connectivity index (χ0v) is 15.4. The van der Waals surface area contributed by atoms with E-state index in [-0.39, 0.29) is 6.42 Å². The Balaban J connectivity index is 2.07. The Labute approximate surface area is 158 Å². The van der Waals surface area contributed by atoms with Crippen molar-refractivity contribution in [2.75, 3.05) is 0 Å². The molecule has 0 aliphatic heterocycles.